The van der Waals surface area contributed by atoms with E-state index in [2.05, 4.69) is 16.8 Å². The first-order chi connectivity index (χ1) is 13.1. The Kier molecular flexibility index (Phi) is 3.85. The van der Waals surface area contributed by atoms with Gasteiger partial charge < -0.3 is 25.4 Å². The number of hydrogen-bond acceptors (Lipinski definition) is 6. The SMILES string of the molecule is C=CCN1CC[C@@]23c4c5ccc(O)c4OC2C(NCCO)CC[C@]3(O)[C@@H]1C5. The van der Waals surface area contributed by atoms with Crippen molar-refractivity contribution in [1.29, 1.82) is 0 Å². The third-order valence-electron chi connectivity index (χ3n) is 7.45. The van der Waals surface area contributed by atoms with Gasteiger partial charge in [0, 0.05) is 30.7 Å². The number of aliphatic hydroxyl groups is 2. The predicted octanol–water partition coefficient (Wildman–Crippen LogP) is 0.683. The molecule has 27 heavy (non-hydrogen) atoms. The Labute approximate surface area is 159 Å². The molecule has 2 aliphatic heterocycles. The van der Waals surface area contributed by atoms with E-state index < -0.39 is 11.0 Å². The Morgan fingerprint density at radius 3 is 3.00 bits per heavy atom. The average molecular weight is 372 g/mol. The van der Waals surface area contributed by atoms with Gasteiger partial charge in [-0.25, -0.2) is 0 Å². The fourth-order valence-electron chi connectivity index (χ4n) is 6.47. The molecule has 2 unspecified atom stereocenters. The van der Waals surface area contributed by atoms with Crippen LogP contribution in [0.5, 0.6) is 11.5 Å². The molecule has 1 saturated heterocycles. The van der Waals surface area contributed by atoms with Gasteiger partial charge in [0.1, 0.15) is 6.10 Å². The van der Waals surface area contributed by atoms with Crippen molar-refractivity contribution in [1.82, 2.24) is 10.2 Å². The Bertz CT molecular complexity index is 784. The molecule has 0 radical (unpaired) electrons. The maximum absolute atomic E-state index is 12.1. The summed E-state index contributed by atoms with van der Waals surface area (Å²) in [6, 6.07) is 3.78. The molecule has 2 fully saturated rings. The lowest BCUT2D eigenvalue weighted by molar-refractivity contribution is -0.189. The van der Waals surface area contributed by atoms with Gasteiger partial charge in [-0.2, -0.15) is 0 Å². The molecule has 5 atom stereocenters. The Morgan fingerprint density at radius 2 is 2.22 bits per heavy atom. The highest BCUT2D eigenvalue weighted by molar-refractivity contribution is 5.62. The smallest absolute Gasteiger partial charge is 0.165 e. The van der Waals surface area contributed by atoms with Crippen molar-refractivity contribution >= 4 is 0 Å². The van der Waals surface area contributed by atoms with Crippen LogP contribution in [0.15, 0.2) is 24.8 Å². The number of nitrogens with one attached hydrogen (secondary N) is 1. The van der Waals surface area contributed by atoms with Gasteiger partial charge in [-0.05, 0) is 43.9 Å². The van der Waals surface area contributed by atoms with Gasteiger partial charge in [0.15, 0.2) is 11.5 Å². The second kappa shape index (κ2) is 5.95. The molecular weight excluding hydrogens is 344 g/mol. The zero-order valence-electron chi connectivity index (χ0n) is 15.5. The third-order valence-corrected chi connectivity index (χ3v) is 7.45. The van der Waals surface area contributed by atoms with Gasteiger partial charge in [0.05, 0.1) is 17.6 Å². The zero-order chi connectivity index (χ0) is 18.8. The van der Waals surface area contributed by atoms with Crippen molar-refractivity contribution in [3.05, 3.63) is 35.9 Å². The van der Waals surface area contributed by atoms with Crippen LogP contribution in [-0.4, -0.2) is 70.2 Å². The van der Waals surface area contributed by atoms with E-state index in [0.717, 1.165) is 37.9 Å². The summed E-state index contributed by atoms with van der Waals surface area (Å²) in [5.41, 5.74) is 0.807. The Balaban J connectivity index is 1.68. The summed E-state index contributed by atoms with van der Waals surface area (Å²) in [5, 5.41) is 35.3. The van der Waals surface area contributed by atoms with Crippen LogP contribution in [0.3, 0.4) is 0 Å². The first-order valence-corrected chi connectivity index (χ1v) is 10.0. The summed E-state index contributed by atoms with van der Waals surface area (Å²) in [6.07, 6.45) is 4.70. The molecular formula is C21H28N2O4. The number of ether oxygens (including phenoxy) is 1. The highest BCUT2D eigenvalue weighted by Crippen LogP contribution is 2.65. The van der Waals surface area contributed by atoms with E-state index in [1.54, 1.807) is 6.07 Å². The van der Waals surface area contributed by atoms with Crippen LogP contribution in [0, 0.1) is 0 Å². The van der Waals surface area contributed by atoms with E-state index in [0.29, 0.717) is 18.7 Å². The van der Waals surface area contributed by atoms with Gasteiger partial charge in [0.2, 0.25) is 0 Å². The number of likely N-dealkylation sites (tertiary alicyclic amines) is 1. The normalized spacial score (nSPS) is 39.0. The molecule has 1 saturated carbocycles. The number of benzene rings is 1. The number of nitrogens with zero attached hydrogens (tertiary/aromatic N) is 1. The molecule has 6 nitrogen and oxygen atoms in total. The lowest BCUT2D eigenvalue weighted by atomic mass is 9.48. The monoisotopic (exact) mass is 372 g/mol. The highest BCUT2D eigenvalue weighted by atomic mass is 16.5. The molecule has 0 aromatic heterocycles. The first kappa shape index (κ1) is 17.5. The number of phenols is 1. The molecule has 4 aliphatic rings. The molecule has 2 aliphatic carbocycles. The van der Waals surface area contributed by atoms with Gasteiger partial charge >= 0.3 is 0 Å². The van der Waals surface area contributed by atoms with E-state index in [1.807, 2.05) is 12.1 Å². The second-order valence-electron chi connectivity index (χ2n) is 8.46. The zero-order valence-corrected chi connectivity index (χ0v) is 15.5. The molecule has 6 heteroatoms. The average Bonchev–Trinajstić information content (AvgIpc) is 3.01. The Morgan fingerprint density at radius 1 is 1.37 bits per heavy atom. The van der Waals surface area contributed by atoms with Crippen LogP contribution in [0.2, 0.25) is 0 Å². The Hall–Kier alpha value is -1.60. The maximum atomic E-state index is 12.1. The lowest BCUT2D eigenvalue weighted by Crippen LogP contribution is -2.78. The standard InChI is InChI=1S/C21H28N2O4/c1-2-9-23-10-7-20-17-13-3-4-15(25)18(17)27-19(20)14(22-8-11-24)5-6-21(20,26)16(23)12-13/h2-4,14,16,19,22,24-26H,1,5-12H2/t14?,16-,19?,20+,21-/m0/s1. The van der Waals surface area contributed by atoms with Gasteiger partial charge in [-0.15, -0.1) is 6.58 Å². The molecule has 146 valence electrons. The number of hydrogen-bond donors (Lipinski definition) is 4. The number of piperidine rings is 1. The topological polar surface area (TPSA) is 85.2 Å². The molecule has 2 bridgehead atoms. The molecule has 1 aromatic rings. The van der Waals surface area contributed by atoms with E-state index in [4.69, 9.17) is 4.74 Å². The lowest BCUT2D eigenvalue weighted by Gasteiger charge is -2.64. The predicted molar refractivity (Wildman–Crippen MR) is 101 cm³/mol. The minimum absolute atomic E-state index is 0.0251. The van der Waals surface area contributed by atoms with Crippen LogP contribution in [0.4, 0.5) is 0 Å². The quantitative estimate of drug-likeness (QED) is 0.569. The number of aromatic hydroxyl groups is 1. The van der Waals surface area contributed by atoms with Gasteiger partial charge in [-0.3, -0.25) is 4.90 Å². The van der Waals surface area contributed by atoms with Gasteiger partial charge in [0.25, 0.3) is 0 Å². The van der Waals surface area contributed by atoms with E-state index >= 15 is 0 Å². The fraction of sp³-hybridized carbons (Fsp3) is 0.619. The summed E-state index contributed by atoms with van der Waals surface area (Å²) < 4.78 is 6.39. The summed E-state index contributed by atoms with van der Waals surface area (Å²) in [7, 11) is 0. The van der Waals surface area contributed by atoms with Crippen molar-refractivity contribution in [2.24, 2.45) is 0 Å². The van der Waals surface area contributed by atoms with E-state index in [1.165, 1.54) is 5.56 Å². The molecule has 0 amide bonds. The van der Waals surface area contributed by atoms with Crippen molar-refractivity contribution in [3.63, 3.8) is 0 Å². The first-order valence-electron chi connectivity index (χ1n) is 10.0. The van der Waals surface area contributed by atoms with Crippen molar-refractivity contribution in [2.75, 3.05) is 26.2 Å². The molecule has 4 N–H and O–H groups in total. The molecule has 2 heterocycles. The number of aliphatic hydroxyl groups excluding tert-OH is 1. The summed E-state index contributed by atoms with van der Waals surface area (Å²) in [5.74, 6) is 0.719. The molecule has 1 spiro atoms. The summed E-state index contributed by atoms with van der Waals surface area (Å²) >= 11 is 0. The van der Waals surface area contributed by atoms with Crippen LogP contribution in [0.1, 0.15) is 30.4 Å². The van der Waals surface area contributed by atoms with Gasteiger partial charge in [-0.1, -0.05) is 12.1 Å². The van der Waals surface area contributed by atoms with Crippen LogP contribution in [0.25, 0.3) is 0 Å². The van der Waals surface area contributed by atoms with Crippen LogP contribution < -0.4 is 10.1 Å². The largest absolute Gasteiger partial charge is 0.504 e. The third kappa shape index (κ3) is 2.04. The molecule has 5 rings (SSSR count). The number of phenolic OH excluding ortho intramolecular Hbond substituents is 1. The van der Waals surface area contributed by atoms with E-state index in [9.17, 15) is 15.3 Å². The minimum Gasteiger partial charge on any atom is -0.504 e. The van der Waals surface area contributed by atoms with Crippen molar-refractivity contribution in [2.45, 2.75) is 54.9 Å². The van der Waals surface area contributed by atoms with E-state index in [-0.39, 0.29) is 30.5 Å². The second-order valence-corrected chi connectivity index (χ2v) is 8.46. The maximum Gasteiger partial charge on any atom is 0.165 e. The molecule has 1 aromatic carbocycles. The van der Waals surface area contributed by atoms with Crippen molar-refractivity contribution in [3.8, 4) is 11.5 Å². The van der Waals surface area contributed by atoms with Crippen LogP contribution >= 0.6 is 0 Å². The number of rotatable bonds is 5. The van der Waals surface area contributed by atoms with Crippen LogP contribution in [-0.2, 0) is 11.8 Å². The highest BCUT2D eigenvalue weighted by Gasteiger charge is 2.72. The summed E-state index contributed by atoms with van der Waals surface area (Å²) in [6.45, 7) is 6.11. The van der Waals surface area contributed by atoms with Crippen molar-refractivity contribution < 1.29 is 20.1 Å². The summed E-state index contributed by atoms with van der Waals surface area (Å²) in [4.78, 5) is 2.35. The fourth-order valence-corrected chi connectivity index (χ4v) is 6.47. The minimum atomic E-state index is -0.887.